The Hall–Kier alpha value is -0.880. The van der Waals surface area contributed by atoms with E-state index < -0.39 is 10.1 Å². The normalized spacial score (nSPS) is 11.9. The Morgan fingerprint density at radius 1 is 1.50 bits per heavy atom. The quantitative estimate of drug-likeness (QED) is 0.713. The van der Waals surface area contributed by atoms with Crippen LogP contribution in [0.3, 0.4) is 0 Å². The van der Waals surface area contributed by atoms with Crippen molar-refractivity contribution < 1.29 is 12.6 Å². The topological polar surface area (TPSA) is 61.2 Å². The first kappa shape index (κ1) is 13.2. The maximum absolute atomic E-state index is 10.8. The van der Waals surface area contributed by atoms with E-state index in [1.54, 1.807) is 0 Å². The fraction of sp³-hybridized carbons (Fsp3) is 0.700. The zero-order valence-corrected chi connectivity index (χ0v) is 10.7. The molecular weight excluding hydrogens is 228 g/mol. The minimum absolute atomic E-state index is 0.0663. The molecule has 0 unspecified atom stereocenters. The molecule has 0 radical (unpaired) electrons. The van der Waals surface area contributed by atoms with Crippen LogP contribution in [0.2, 0.25) is 0 Å². The van der Waals surface area contributed by atoms with Gasteiger partial charge in [0, 0.05) is 18.3 Å². The molecule has 1 aromatic heterocycles. The molecule has 0 saturated heterocycles. The van der Waals surface area contributed by atoms with Crippen LogP contribution in [-0.4, -0.2) is 24.5 Å². The number of aryl methyl sites for hydroxylation is 2. The first-order chi connectivity index (χ1) is 7.42. The van der Waals surface area contributed by atoms with Gasteiger partial charge in [-0.3, -0.25) is 8.86 Å². The van der Waals surface area contributed by atoms with E-state index in [2.05, 4.69) is 12.0 Å². The predicted molar refractivity (Wildman–Crippen MR) is 61.5 cm³/mol. The Labute approximate surface area is 96.5 Å². The summed E-state index contributed by atoms with van der Waals surface area (Å²) in [6, 6.07) is 0. The van der Waals surface area contributed by atoms with Crippen LogP contribution in [-0.2, 0) is 27.5 Å². The van der Waals surface area contributed by atoms with Gasteiger partial charge in [0.2, 0.25) is 0 Å². The van der Waals surface area contributed by atoms with Crippen molar-refractivity contribution in [2.24, 2.45) is 0 Å². The zero-order valence-electron chi connectivity index (χ0n) is 9.93. The second kappa shape index (κ2) is 5.45. The molecule has 92 valence electrons. The van der Waals surface area contributed by atoms with Gasteiger partial charge in [0.25, 0.3) is 10.1 Å². The van der Waals surface area contributed by atoms with Gasteiger partial charge in [-0.25, -0.2) is 0 Å². The molecule has 0 aliphatic rings. The van der Waals surface area contributed by atoms with Gasteiger partial charge < -0.3 is 0 Å². The molecule has 6 heteroatoms. The average molecular weight is 246 g/mol. The minimum atomic E-state index is -3.38. The summed E-state index contributed by atoms with van der Waals surface area (Å²) in [6.07, 6.45) is 5.06. The van der Waals surface area contributed by atoms with Crippen LogP contribution in [0.15, 0.2) is 6.20 Å². The summed E-state index contributed by atoms with van der Waals surface area (Å²) < 4.78 is 28.3. The third-order valence-electron chi connectivity index (χ3n) is 2.22. The Morgan fingerprint density at radius 2 is 2.19 bits per heavy atom. The maximum Gasteiger partial charge on any atom is 0.264 e. The number of unbranched alkanes of at least 4 members (excludes halogenated alkanes) is 1. The molecule has 1 heterocycles. The van der Waals surface area contributed by atoms with Gasteiger partial charge in [-0.2, -0.15) is 13.5 Å². The molecule has 0 fully saturated rings. The van der Waals surface area contributed by atoms with Crippen LogP contribution < -0.4 is 0 Å². The standard InChI is InChI=1S/C10H18N2O3S/c1-4-5-6-12-7-10(9(2)11-12)8-15-16(3,13)14/h7H,4-6,8H2,1-3H3. The van der Waals surface area contributed by atoms with Crippen LogP contribution in [0.4, 0.5) is 0 Å². The van der Waals surface area contributed by atoms with Crippen molar-refractivity contribution in [3.05, 3.63) is 17.5 Å². The molecular formula is C10H18N2O3S. The SMILES string of the molecule is CCCCn1cc(COS(C)(=O)=O)c(C)n1. The van der Waals surface area contributed by atoms with E-state index in [1.165, 1.54) is 0 Å². The van der Waals surface area contributed by atoms with Crippen molar-refractivity contribution in [3.63, 3.8) is 0 Å². The zero-order chi connectivity index (χ0) is 12.2. The summed E-state index contributed by atoms with van der Waals surface area (Å²) in [5, 5.41) is 4.29. The highest BCUT2D eigenvalue weighted by atomic mass is 32.2. The van der Waals surface area contributed by atoms with Gasteiger partial charge in [0.1, 0.15) is 0 Å². The lowest BCUT2D eigenvalue weighted by Gasteiger charge is -1.99. The lowest BCUT2D eigenvalue weighted by molar-refractivity contribution is 0.311. The van der Waals surface area contributed by atoms with Gasteiger partial charge in [-0.05, 0) is 13.3 Å². The summed E-state index contributed by atoms with van der Waals surface area (Å²) >= 11 is 0. The van der Waals surface area contributed by atoms with Crippen molar-refractivity contribution in [1.82, 2.24) is 9.78 Å². The minimum Gasteiger partial charge on any atom is -0.272 e. The maximum atomic E-state index is 10.8. The van der Waals surface area contributed by atoms with E-state index in [1.807, 2.05) is 17.8 Å². The summed E-state index contributed by atoms with van der Waals surface area (Å²) in [4.78, 5) is 0. The van der Waals surface area contributed by atoms with E-state index in [4.69, 9.17) is 4.18 Å². The van der Waals surface area contributed by atoms with E-state index in [-0.39, 0.29) is 6.61 Å². The van der Waals surface area contributed by atoms with Crippen molar-refractivity contribution in [2.45, 2.75) is 39.8 Å². The third kappa shape index (κ3) is 4.32. The summed E-state index contributed by atoms with van der Waals surface area (Å²) in [5.74, 6) is 0. The molecule has 0 saturated carbocycles. The molecule has 0 amide bonds. The highest BCUT2D eigenvalue weighted by Crippen LogP contribution is 2.09. The van der Waals surface area contributed by atoms with E-state index >= 15 is 0 Å². The number of rotatable bonds is 6. The highest BCUT2D eigenvalue weighted by molar-refractivity contribution is 7.85. The van der Waals surface area contributed by atoms with Crippen molar-refractivity contribution in [2.75, 3.05) is 6.26 Å². The van der Waals surface area contributed by atoms with E-state index in [0.29, 0.717) is 0 Å². The van der Waals surface area contributed by atoms with Gasteiger partial charge in [-0.15, -0.1) is 0 Å². The molecule has 0 aliphatic heterocycles. The third-order valence-corrected chi connectivity index (χ3v) is 2.76. The molecule has 0 atom stereocenters. The lowest BCUT2D eigenvalue weighted by atomic mass is 10.3. The summed E-state index contributed by atoms with van der Waals surface area (Å²) in [5.41, 5.74) is 1.64. The molecule has 1 rings (SSSR count). The van der Waals surface area contributed by atoms with Gasteiger partial charge >= 0.3 is 0 Å². The monoisotopic (exact) mass is 246 g/mol. The number of aromatic nitrogens is 2. The average Bonchev–Trinajstić information content (AvgIpc) is 2.52. The van der Waals surface area contributed by atoms with Crippen molar-refractivity contribution >= 4 is 10.1 Å². The summed E-state index contributed by atoms with van der Waals surface area (Å²) in [7, 11) is -3.38. The van der Waals surface area contributed by atoms with Crippen LogP contribution in [0.25, 0.3) is 0 Å². The first-order valence-electron chi connectivity index (χ1n) is 5.29. The second-order valence-electron chi connectivity index (χ2n) is 3.82. The van der Waals surface area contributed by atoms with Crippen LogP contribution in [0, 0.1) is 6.92 Å². The summed E-state index contributed by atoms with van der Waals surface area (Å²) in [6.45, 7) is 4.89. The molecule has 1 aromatic rings. The predicted octanol–water partition coefficient (Wildman–Crippen LogP) is 1.47. The fourth-order valence-electron chi connectivity index (χ4n) is 1.31. The fourth-order valence-corrected chi connectivity index (χ4v) is 1.65. The molecule has 16 heavy (non-hydrogen) atoms. The lowest BCUT2D eigenvalue weighted by Crippen LogP contribution is -2.02. The Kier molecular flexibility index (Phi) is 4.49. The molecule has 0 spiro atoms. The van der Waals surface area contributed by atoms with Gasteiger partial charge in [-0.1, -0.05) is 13.3 Å². The van der Waals surface area contributed by atoms with Crippen LogP contribution in [0.5, 0.6) is 0 Å². The van der Waals surface area contributed by atoms with Crippen molar-refractivity contribution in [3.8, 4) is 0 Å². The molecule has 0 aromatic carbocycles. The second-order valence-corrected chi connectivity index (χ2v) is 5.47. The van der Waals surface area contributed by atoms with E-state index in [0.717, 1.165) is 36.9 Å². The van der Waals surface area contributed by atoms with Crippen LogP contribution >= 0.6 is 0 Å². The van der Waals surface area contributed by atoms with Gasteiger partial charge in [0.05, 0.1) is 18.6 Å². The van der Waals surface area contributed by atoms with Crippen LogP contribution in [0.1, 0.15) is 31.0 Å². The molecule has 0 aliphatic carbocycles. The molecule has 0 bridgehead atoms. The van der Waals surface area contributed by atoms with Crippen molar-refractivity contribution in [1.29, 1.82) is 0 Å². The Bertz CT molecular complexity index is 437. The largest absolute Gasteiger partial charge is 0.272 e. The highest BCUT2D eigenvalue weighted by Gasteiger charge is 2.08. The van der Waals surface area contributed by atoms with E-state index in [9.17, 15) is 8.42 Å². The smallest absolute Gasteiger partial charge is 0.264 e. The number of nitrogens with zero attached hydrogens (tertiary/aromatic N) is 2. The first-order valence-corrected chi connectivity index (χ1v) is 7.11. The molecule has 5 nitrogen and oxygen atoms in total. The van der Waals surface area contributed by atoms with Gasteiger partial charge in [0.15, 0.2) is 0 Å². The number of hydrogen-bond donors (Lipinski definition) is 0. The number of hydrogen-bond acceptors (Lipinski definition) is 4. The Morgan fingerprint density at radius 3 is 2.75 bits per heavy atom. The Balaban J connectivity index is 2.63. The molecule has 0 N–H and O–H groups in total.